The molecule has 0 spiro atoms. The summed E-state index contributed by atoms with van der Waals surface area (Å²) in [6.07, 6.45) is 1.21. The molecule has 2 aromatic rings. The minimum atomic E-state index is -0.549. The molecule has 0 aliphatic heterocycles. The average Bonchev–Trinajstić information content (AvgIpc) is 2.55. The van der Waals surface area contributed by atoms with E-state index in [4.69, 9.17) is 27.9 Å². The van der Waals surface area contributed by atoms with E-state index in [2.05, 4.69) is 5.32 Å². The number of hydrogen-bond acceptors (Lipinski definition) is 2. The standard InChI is InChI=1S/C18H19Cl2NO2/c1-13(23-17-10-8-16(20)9-11-17)18(22)21-12-2-3-14-4-6-15(19)7-5-14/h4-11,13H,2-3,12H2,1H3,(H,21,22). The lowest BCUT2D eigenvalue weighted by atomic mass is 10.1. The fourth-order valence-corrected chi connectivity index (χ4v) is 2.32. The average molecular weight is 352 g/mol. The molecule has 2 aromatic carbocycles. The summed E-state index contributed by atoms with van der Waals surface area (Å²) in [7, 11) is 0. The Morgan fingerprint density at radius 1 is 1.04 bits per heavy atom. The molecule has 23 heavy (non-hydrogen) atoms. The van der Waals surface area contributed by atoms with Gasteiger partial charge in [0.15, 0.2) is 6.10 Å². The van der Waals surface area contributed by atoms with Crippen molar-refractivity contribution in [2.75, 3.05) is 6.54 Å². The summed E-state index contributed by atoms with van der Waals surface area (Å²) in [4.78, 5) is 12.0. The highest BCUT2D eigenvalue weighted by atomic mass is 35.5. The number of hydrogen-bond donors (Lipinski definition) is 1. The molecule has 0 aromatic heterocycles. The van der Waals surface area contributed by atoms with E-state index in [0.717, 1.165) is 17.9 Å². The second kappa shape index (κ2) is 8.80. The maximum atomic E-state index is 12.0. The lowest BCUT2D eigenvalue weighted by molar-refractivity contribution is -0.127. The van der Waals surface area contributed by atoms with Crippen LogP contribution in [-0.2, 0) is 11.2 Å². The number of rotatable bonds is 7. The Labute approximate surface area is 146 Å². The number of carbonyl (C=O) groups excluding carboxylic acids is 1. The van der Waals surface area contributed by atoms with Crippen LogP contribution in [0.15, 0.2) is 48.5 Å². The number of carbonyl (C=O) groups is 1. The Balaban J connectivity index is 1.69. The first-order chi connectivity index (χ1) is 11.0. The normalized spacial score (nSPS) is 11.8. The number of benzene rings is 2. The van der Waals surface area contributed by atoms with E-state index < -0.39 is 6.10 Å². The molecule has 0 heterocycles. The zero-order chi connectivity index (χ0) is 16.7. The van der Waals surface area contributed by atoms with Crippen LogP contribution in [0.2, 0.25) is 10.0 Å². The maximum Gasteiger partial charge on any atom is 0.260 e. The summed E-state index contributed by atoms with van der Waals surface area (Å²) < 4.78 is 5.57. The van der Waals surface area contributed by atoms with Crippen molar-refractivity contribution in [1.82, 2.24) is 5.32 Å². The number of ether oxygens (including phenoxy) is 1. The van der Waals surface area contributed by atoms with Gasteiger partial charge in [0.1, 0.15) is 5.75 Å². The van der Waals surface area contributed by atoms with Gasteiger partial charge in [-0.2, -0.15) is 0 Å². The highest BCUT2D eigenvalue weighted by Gasteiger charge is 2.13. The summed E-state index contributed by atoms with van der Waals surface area (Å²) in [5, 5.41) is 4.25. The van der Waals surface area contributed by atoms with Crippen molar-refractivity contribution < 1.29 is 9.53 Å². The van der Waals surface area contributed by atoms with Crippen LogP contribution in [-0.4, -0.2) is 18.6 Å². The largest absolute Gasteiger partial charge is 0.481 e. The molecular formula is C18H19Cl2NO2. The molecule has 3 nitrogen and oxygen atoms in total. The molecule has 122 valence electrons. The van der Waals surface area contributed by atoms with E-state index in [-0.39, 0.29) is 5.91 Å². The first-order valence-electron chi connectivity index (χ1n) is 7.49. The van der Waals surface area contributed by atoms with Gasteiger partial charge in [-0.3, -0.25) is 4.79 Å². The van der Waals surface area contributed by atoms with Crippen molar-refractivity contribution in [1.29, 1.82) is 0 Å². The van der Waals surface area contributed by atoms with Gasteiger partial charge in [-0.1, -0.05) is 35.3 Å². The Morgan fingerprint density at radius 2 is 1.61 bits per heavy atom. The molecule has 0 fully saturated rings. The van der Waals surface area contributed by atoms with Crippen LogP contribution in [0, 0.1) is 0 Å². The SMILES string of the molecule is CC(Oc1ccc(Cl)cc1)C(=O)NCCCc1ccc(Cl)cc1. The number of aryl methyl sites for hydroxylation is 1. The first kappa shape index (κ1) is 17.6. The smallest absolute Gasteiger partial charge is 0.260 e. The fraction of sp³-hybridized carbons (Fsp3) is 0.278. The second-order valence-corrected chi connectivity index (χ2v) is 6.11. The topological polar surface area (TPSA) is 38.3 Å². The fourth-order valence-electron chi connectivity index (χ4n) is 2.07. The molecule has 1 N–H and O–H groups in total. The van der Waals surface area contributed by atoms with Gasteiger partial charge in [-0.25, -0.2) is 0 Å². The summed E-state index contributed by atoms with van der Waals surface area (Å²) >= 11 is 11.7. The van der Waals surface area contributed by atoms with Gasteiger partial charge in [0.2, 0.25) is 0 Å². The lowest BCUT2D eigenvalue weighted by Crippen LogP contribution is -2.36. The molecule has 0 aliphatic rings. The van der Waals surface area contributed by atoms with Crippen molar-refractivity contribution in [3.05, 3.63) is 64.1 Å². The van der Waals surface area contributed by atoms with E-state index in [1.165, 1.54) is 5.56 Å². The van der Waals surface area contributed by atoms with Crippen LogP contribution < -0.4 is 10.1 Å². The zero-order valence-electron chi connectivity index (χ0n) is 12.9. The number of halogens is 2. The molecule has 5 heteroatoms. The molecule has 0 aliphatic carbocycles. The van der Waals surface area contributed by atoms with Crippen molar-refractivity contribution in [2.24, 2.45) is 0 Å². The van der Waals surface area contributed by atoms with Gasteiger partial charge in [0, 0.05) is 16.6 Å². The third kappa shape index (κ3) is 6.12. The maximum absolute atomic E-state index is 12.0. The predicted octanol–water partition coefficient (Wildman–Crippen LogP) is 4.51. The quantitative estimate of drug-likeness (QED) is 0.745. The number of amides is 1. The molecule has 0 radical (unpaired) electrons. The Kier molecular flexibility index (Phi) is 6.75. The summed E-state index contributed by atoms with van der Waals surface area (Å²) in [5.41, 5.74) is 1.20. The minimum Gasteiger partial charge on any atom is -0.481 e. The van der Waals surface area contributed by atoms with Crippen LogP contribution in [0.5, 0.6) is 5.75 Å². The zero-order valence-corrected chi connectivity index (χ0v) is 14.4. The monoisotopic (exact) mass is 351 g/mol. The van der Waals surface area contributed by atoms with Gasteiger partial charge in [-0.05, 0) is 61.7 Å². The molecule has 1 amide bonds. The van der Waals surface area contributed by atoms with E-state index in [1.54, 1.807) is 31.2 Å². The third-order valence-electron chi connectivity index (χ3n) is 3.35. The van der Waals surface area contributed by atoms with E-state index >= 15 is 0 Å². The van der Waals surface area contributed by atoms with Gasteiger partial charge in [-0.15, -0.1) is 0 Å². The molecule has 1 atom stereocenters. The van der Waals surface area contributed by atoms with Crippen molar-refractivity contribution in [3.8, 4) is 5.75 Å². The second-order valence-electron chi connectivity index (χ2n) is 5.24. The van der Waals surface area contributed by atoms with Gasteiger partial charge < -0.3 is 10.1 Å². The van der Waals surface area contributed by atoms with Crippen LogP contribution in [0.25, 0.3) is 0 Å². The highest BCUT2D eigenvalue weighted by Crippen LogP contribution is 2.16. The Bertz CT molecular complexity index is 626. The lowest BCUT2D eigenvalue weighted by Gasteiger charge is -2.14. The summed E-state index contributed by atoms with van der Waals surface area (Å²) in [5.74, 6) is 0.495. The minimum absolute atomic E-state index is 0.129. The Hall–Kier alpha value is -1.71. The van der Waals surface area contributed by atoms with Crippen LogP contribution in [0.3, 0.4) is 0 Å². The highest BCUT2D eigenvalue weighted by molar-refractivity contribution is 6.30. The van der Waals surface area contributed by atoms with E-state index in [1.807, 2.05) is 24.3 Å². The van der Waals surface area contributed by atoms with Crippen LogP contribution in [0.4, 0.5) is 0 Å². The van der Waals surface area contributed by atoms with Crippen molar-refractivity contribution >= 4 is 29.1 Å². The molecule has 0 saturated heterocycles. The molecule has 2 rings (SSSR count). The van der Waals surface area contributed by atoms with Crippen LogP contribution >= 0.6 is 23.2 Å². The number of nitrogens with one attached hydrogen (secondary N) is 1. The van der Waals surface area contributed by atoms with Gasteiger partial charge in [0.05, 0.1) is 0 Å². The molecule has 0 bridgehead atoms. The predicted molar refractivity (Wildman–Crippen MR) is 94.3 cm³/mol. The van der Waals surface area contributed by atoms with Gasteiger partial charge >= 0.3 is 0 Å². The summed E-state index contributed by atoms with van der Waals surface area (Å²) in [6.45, 7) is 2.33. The summed E-state index contributed by atoms with van der Waals surface area (Å²) in [6, 6.07) is 14.7. The van der Waals surface area contributed by atoms with Gasteiger partial charge in [0.25, 0.3) is 5.91 Å². The Morgan fingerprint density at radius 3 is 2.22 bits per heavy atom. The molecule has 0 saturated carbocycles. The molecular weight excluding hydrogens is 333 g/mol. The van der Waals surface area contributed by atoms with Crippen molar-refractivity contribution in [2.45, 2.75) is 25.9 Å². The van der Waals surface area contributed by atoms with E-state index in [9.17, 15) is 4.79 Å². The third-order valence-corrected chi connectivity index (χ3v) is 3.85. The van der Waals surface area contributed by atoms with Crippen LogP contribution in [0.1, 0.15) is 18.9 Å². The molecule has 1 unspecified atom stereocenters. The van der Waals surface area contributed by atoms with E-state index in [0.29, 0.717) is 17.3 Å². The first-order valence-corrected chi connectivity index (χ1v) is 8.24. The van der Waals surface area contributed by atoms with Crippen molar-refractivity contribution in [3.63, 3.8) is 0 Å².